The largest absolute Gasteiger partial charge is 0.508 e. The van der Waals surface area contributed by atoms with E-state index in [2.05, 4.69) is 24.5 Å². The van der Waals surface area contributed by atoms with Gasteiger partial charge in [0.2, 0.25) is 0 Å². The topological polar surface area (TPSA) is 65.9 Å². The van der Waals surface area contributed by atoms with E-state index in [1.54, 1.807) is 13.2 Å². The van der Waals surface area contributed by atoms with E-state index in [1.165, 1.54) is 18.6 Å². The second kappa shape index (κ2) is 9.06. The SMILES string of the molecule is CCNC(=NCC1(C)CCCS1)NCCc1ccc(OC)cc1O. The van der Waals surface area contributed by atoms with Gasteiger partial charge in [-0.1, -0.05) is 6.07 Å². The molecule has 1 aliphatic rings. The zero-order chi connectivity index (χ0) is 17.4. The number of methoxy groups -OCH3 is 1. The Hall–Kier alpha value is -1.56. The molecular weight excluding hydrogens is 322 g/mol. The van der Waals surface area contributed by atoms with Gasteiger partial charge in [-0.3, -0.25) is 4.99 Å². The molecule has 3 N–H and O–H groups in total. The number of hydrogen-bond donors (Lipinski definition) is 3. The highest BCUT2D eigenvalue weighted by atomic mass is 32.2. The molecule has 0 radical (unpaired) electrons. The molecule has 1 heterocycles. The molecule has 1 unspecified atom stereocenters. The molecule has 1 aliphatic heterocycles. The fraction of sp³-hybridized carbons (Fsp3) is 0.611. The number of aliphatic imine (C=N–C) groups is 1. The van der Waals surface area contributed by atoms with Gasteiger partial charge in [0.15, 0.2) is 5.96 Å². The second-order valence-corrected chi connectivity index (χ2v) is 7.95. The Kier molecular flexibility index (Phi) is 7.09. The van der Waals surface area contributed by atoms with Crippen LogP contribution in [0.3, 0.4) is 0 Å². The Morgan fingerprint density at radius 3 is 2.88 bits per heavy atom. The first-order valence-corrected chi connectivity index (χ1v) is 9.57. The molecule has 1 atom stereocenters. The summed E-state index contributed by atoms with van der Waals surface area (Å²) >= 11 is 2.02. The second-order valence-electron chi connectivity index (χ2n) is 6.27. The van der Waals surface area contributed by atoms with Crippen LogP contribution in [0.2, 0.25) is 0 Å². The summed E-state index contributed by atoms with van der Waals surface area (Å²) in [5.74, 6) is 3.03. The minimum atomic E-state index is 0.271. The van der Waals surface area contributed by atoms with Gasteiger partial charge in [-0.05, 0) is 50.5 Å². The van der Waals surface area contributed by atoms with E-state index >= 15 is 0 Å². The molecule has 0 saturated carbocycles. The number of guanidine groups is 1. The van der Waals surface area contributed by atoms with Crippen LogP contribution < -0.4 is 15.4 Å². The van der Waals surface area contributed by atoms with E-state index in [0.29, 0.717) is 5.75 Å². The highest BCUT2D eigenvalue weighted by Crippen LogP contribution is 2.37. The lowest BCUT2D eigenvalue weighted by molar-refractivity contribution is 0.406. The third-order valence-electron chi connectivity index (χ3n) is 4.20. The first-order valence-electron chi connectivity index (χ1n) is 8.58. The van der Waals surface area contributed by atoms with Gasteiger partial charge < -0.3 is 20.5 Å². The van der Waals surface area contributed by atoms with Crippen LogP contribution in [0.1, 0.15) is 32.3 Å². The molecule has 1 fully saturated rings. The smallest absolute Gasteiger partial charge is 0.191 e. The number of nitrogens with one attached hydrogen (secondary N) is 2. The number of nitrogens with zero attached hydrogens (tertiary/aromatic N) is 1. The quantitative estimate of drug-likeness (QED) is 0.521. The molecule has 0 bridgehead atoms. The number of phenols is 1. The molecule has 0 aromatic heterocycles. The predicted octanol–water partition coefficient (Wildman–Crippen LogP) is 2.78. The van der Waals surface area contributed by atoms with Crippen molar-refractivity contribution in [3.63, 3.8) is 0 Å². The lowest BCUT2D eigenvalue weighted by Crippen LogP contribution is -2.39. The monoisotopic (exact) mass is 351 g/mol. The number of thioether (sulfide) groups is 1. The number of hydrogen-bond acceptors (Lipinski definition) is 4. The normalized spacial score (nSPS) is 20.9. The van der Waals surface area contributed by atoms with E-state index in [0.717, 1.165) is 37.6 Å². The molecule has 134 valence electrons. The Balaban J connectivity index is 1.87. The van der Waals surface area contributed by atoms with Crippen molar-refractivity contribution < 1.29 is 9.84 Å². The van der Waals surface area contributed by atoms with E-state index in [4.69, 9.17) is 9.73 Å². The summed E-state index contributed by atoms with van der Waals surface area (Å²) in [6, 6.07) is 5.41. The van der Waals surface area contributed by atoms with Crippen molar-refractivity contribution in [3.8, 4) is 11.5 Å². The lowest BCUT2D eigenvalue weighted by Gasteiger charge is -2.21. The zero-order valence-corrected chi connectivity index (χ0v) is 15.7. The summed E-state index contributed by atoms with van der Waals surface area (Å²) in [6.07, 6.45) is 3.25. The van der Waals surface area contributed by atoms with Crippen LogP contribution in [0.25, 0.3) is 0 Å². The highest BCUT2D eigenvalue weighted by molar-refractivity contribution is 8.00. The maximum Gasteiger partial charge on any atom is 0.191 e. The van der Waals surface area contributed by atoms with Crippen molar-refractivity contribution in [3.05, 3.63) is 23.8 Å². The van der Waals surface area contributed by atoms with Crippen molar-refractivity contribution >= 4 is 17.7 Å². The minimum absolute atomic E-state index is 0.271. The van der Waals surface area contributed by atoms with E-state index in [-0.39, 0.29) is 10.5 Å². The van der Waals surface area contributed by atoms with Crippen LogP contribution in [0.5, 0.6) is 11.5 Å². The van der Waals surface area contributed by atoms with Gasteiger partial charge in [0, 0.05) is 23.9 Å². The van der Waals surface area contributed by atoms with Crippen LogP contribution in [0.15, 0.2) is 23.2 Å². The van der Waals surface area contributed by atoms with Crippen LogP contribution in [0.4, 0.5) is 0 Å². The summed E-state index contributed by atoms with van der Waals surface area (Å²) in [4.78, 5) is 4.74. The fourth-order valence-corrected chi connectivity index (χ4v) is 3.97. The molecule has 1 aromatic carbocycles. The standard InChI is InChI=1S/C18H29N3O2S/c1-4-19-17(21-13-18(2)9-5-11-24-18)20-10-8-14-6-7-15(23-3)12-16(14)22/h6-7,12,22H,4-5,8-11,13H2,1-3H3,(H2,19,20,21). The first-order chi connectivity index (χ1) is 11.6. The van der Waals surface area contributed by atoms with Gasteiger partial charge >= 0.3 is 0 Å². The van der Waals surface area contributed by atoms with E-state index in [9.17, 15) is 5.11 Å². The number of rotatable bonds is 7. The number of phenolic OH excluding ortho intramolecular Hbond substituents is 1. The van der Waals surface area contributed by atoms with Crippen LogP contribution in [0, 0.1) is 0 Å². The number of benzene rings is 1. The molecular formula is C18H29N3O2S. The third kappa shape index (κ3) is 5.51. The fourth-order valence-electron chi connectivity index (χ4n) is 2.75. The zero-order valence-electron chi connectivity index (χ0n) is 14.9. The first kappa shape index (κ1) is 18.8. The molecule has 0 spiro atoms. The van der Waals surface area contributed by atoms with Gasteiger partial charge in [-0.25, -0.2) is 0 Å². The number of ether oxygens (including phenoxy) is 1. The summed E-state index contributed by atoms with van der Waals surface area (Å²) in [5, 5.41) is 16.7. The van der Waals surface area contributed by atoms with Gasteiger partial charge in [0.25, 0.3) is 0 Å². The Morgan fingerprint density at radius 2 is 2.25 bits per heavy atom. The van der Waals surface area contributed by atoms with Crippen molar-refractivity contribution in [1.82, 2.24) is 10.6 Å². The summed E-state index contributed by atoms with van der Waals surface area (Å²) in [6.45, 7) is 6.76. The van der Waals surface area contributed by atoms with Crippen molar-refractivity contribution in [1.29, 1.82) is 0 Å². The minimum Gasteiger partial charge on any atom is -0.508 e. The molecule has 0 aliphatic carbocycles. The van der Waals surface area contributed by atoms with E-state index in [1.807, 2.05) is 23.9 Å². The summed E-state index contributed by atoms with van der Waals surface area (Å²) in [5.41, 5.74) is 0.900. The van der Waals surface area contributed by atoms with Gasteiger partial charge in [0.1, 0.15) is 11.5 Å². The Morgan fingerprint density at radius 1 is 1.42 bits per heavy atom. The van der Waals surface area contributed by atoms with Crippen molar-refractivity contribution in [2.45, 2.75) is 37.9 Å². The third-order valence-corrected chi connectivity index (χ3v) is 5.72. The molecule has 5 nitrogen and oxygen atoms in total. The van der Waals surface area contributed by atoms with Gasteiger partial charge in [-0.15, -0.1) is 0 Å². The molecule has 1 aromatic rings. The maximum absolute atomic E-state index is 10.0. The molecule has 24 heavy (non-hydrogen) atoms. The highest BCUT2D eigenvalue weighted by Gasteiger charge is 2.29. The molecule has 0 amide bonds. The van der Waals surface area contributed by atoms with Crippen molar-refractivity contribution in [2.75, 3.05) is 32.5 Å². The lowest BCUT2D eigenvalue weighted by atomic mass is 10.1. The molecule has 2 rings (SSSR count). The Labute approximate surface area is 149 Å². The van der Waals surface area contributed by atoms with Gasteiger partial charge in [0.05, 0.1) is 13.7 Å². The average molecular weight is 352 g/mol. The van der Waals surface area contributed by atoms with Gasteiger partial charge in [-0.2, -0.15) is 11.8 Å². The average Bonchev–Trinajstić information content (AvgIpc) is 3.01. The molecule has 6 heteroatoms. The summed E-state index contributed by atoms with van der Waals surface area (Å²) in [7, 11) is 1.60. The van der Waals surface area contributed by atoms with Crippen LogP contribution in [-0.2, 0) is 6.42 Å². The summed E-state index contributed by atoms with van der Waals surface area (Å²) < 4.78 is 5.38. The number of aromatic hydroxyl groups is 1. The van der Waals surface area contributed by atoms with Crippen molar-refractivity contribution in [2.24, 2.45) is 4.99 Å². The van der Waals surface area contributed by atoms with Crippen LogP contribution >= 0.6 is 11.8 Å². The Bertz CT molecular complexity index is 557. The van der Waals surface area contributed by atoms with E-state index < -0.39 is 0 Å². The molecule has 1 saturated heterocycles. The maximum atomic E-state index is 10.0. The predicted molar refractivity (Wildman–Crippen MR) is 102 cm³/mol. The van der Waals surface area contributed by atoms with Crippen LogP contribution in [-0.4, -0.2) is 48.3 Å².